The van der Waals surface area contributed by atoms with Crippen LogP contribution < -0.4 is 5.32 Å². The maximum Gasteiger partial charge on any atom is 0.162 e. The van der Waals surface area contributed by atoms with E-state index in [0.717, 1.165) is 17.7 Å². The first-order valence-corrected chi connectivity index (χ1v) is 8.63. The molecule has 1 rings (SSSR count). The van der Waals surface area contributed by atoms with Crippen LogP contribution in [0.15, 0.2) is 24.3 Å². The zero-order chi connectivity index (χ0) is 18.2. The van der Waals surface area contributed by atoms with Gasteiger partial charge in [0.1, 0.15) is 0 Å². The van der Waals surface area contributed by atoms with Gasteiger partial charge in [0.2, 0.25) is 0 Å². The van der Waals surface area contributed by atoms with E-state index in [1.54, 1.807) is 6.29 Å². The summed E-state index contributed by atoms with van der Waals surface area (Å²) in [6.07, 6.45) is 3.23. The van der Waals surface area contributed by atoms with Crippen LogP contribution >= 0.6 is 0 Å². The Hall–Kier alpha value is -0.496. The summed E-state index contributed by atoms with van der Waals surface area (Å²) in [6, 6.07) is 7.69. The maximum absolute atomic E-state index is 12.1. The van der Waals surface area contributed by atoms with Gasteiger partial charge >= 0.3 is 0 Å². The Labute approximate surface area is 181 Å². The molecule has 1 N–H and O–H groups in total. The average Bonchev–Trinajstić information content (AvgIpc) is 2.63. The van der Waals surface area contributed by atoms with Crippen LogP contribution in [0.1, 0.15) is 35.2 Å². The Morgan fingerprint density at radius 3 is 2.12 bits per heavy atom. The number of hydrogen-bond acceptors (Lipinski definition) is 6. The monoisotopic (exact) mass is 439 g/mol. The summed E-state index contributed by atoms with van der Waals surface area (Å²) in [6.45, 7) is 3.65. The van der Waals surface area contributed by atoms with Gasteiger partial charge in [-0.1, -0.05) is 24.3 Å². The van der Waals surface area contributed by atoms with Crippen LogP contribution in [0.25, 0.3) is 0 Å². The first-order chi connectivity index (χ1) is 12.3. The molecule has 0 amide bonds. The number of Topliss-reactive ketones (excluding diaryl/α,β-unsaturated/α-hetero) is 1. The van der Waals surface area contributed by atoms with E-state index in [4.69, 9.17) is 14.2 Å². The second kappa shape index (κ2) is 17.9. The molecule has 0 bridgehead atoms. The molecule has 0 heterocycles. The summed E-state index contributed by atoms with van der Waals surface area (Å²) in [5.74, 6) is 0.139. The number of benzene rings is 1. The Balaban J connectivity index is 0.00000625. The fraction of sp³-hybridized carbons (Fsp3) is 0.579. The molecule has 0 atom stereocenters. The number of nitrogens with one attached hydrogen (secondary N) is 1. The van der Waals surface area contributed by atoms with Crippen molar-refractivity contribution in [3.8, 4) is 0 Å². The molecule has 143 valence electrons. The third-order valence-corrected chi connectivity index (χ3v) is 3.44. The third-order valence-electron chi connectivity index (χ3n) is 3.44. The van der Waals surface area contributed by atoms with Gasteiger partial charge in [-0.15, -0.1) is 6.42 Å². The van der Waals surface area contributed by atoms with E-state index in [9.17, 15) is 9.59 Å². The van der Waals surface area contributed by atoms with E-state index >= 15 is 0 Å². The molecule has 1 aromatic carbocycles. The standard InChI is InChI=1S/C19H28NO5.Y/c1-20-16-17-5-7-18(8-6-17)19(22)4-2-10-23-12-14-25-15-13-24-11-3-9-21;/h5-8,20H,2-4,10-16H2,1H3;/q-1;. The molecule has 0 unspecified atom stereocenters. The second-order valence-electron chi connectivity index (χ2n) is 5.49. The van der Waals surface area contributed by atoms with Crippen molar-refractivity contribution < 1.29 is 56.5 Å². The van der Waals surface area contributed by atoms with Crippen LogP contribution in [-0.4, -0.2) is 58.8 Å². The van der Waals surface area contributed by atoms with Crippen LogP contribution in [-0.2, 0) is 58.3 Å². The molecule has 0 saturated heterocycles. The maximum atomic E-state index is 12.1. The molecule has 0 aromatic heterocycles. The van der Waals surface area contributed by atoms with Crippen molar-refractivity contribution in [3.63, 3.8) is 0 Å². The van der Waals surface area contributed by atoms with Gasteiger partial charge < -0.3 is 24.3 Å². The van der Waals surface area contributed by atoms with E-state index < -0.39 is 0 Å². The van der Waals surface area contributed by atoms with Crippen molar-refractivity contribution in [2.75, 3.05) is 46.7 Å². The zero-order valence-electron chi connectivity index (χ0n) is 15.5. The van der Waals surface area contributed by atoms with Crippen molar-refractivity contribution in [2.24, 2.45) is 0 Å². The third kappa shape index (κ3) is 12.8. The van der Waals surface area contributed by atoms with Crippen LogP contribution in [0.2, 0.25) is 0 Å². The van der Waals surface area contributed by atoms with Crippen molar-refractivity contribution in [2.45, 2.75) is 25.8 Å². The van der Waals surface area contributed by atoms with E-state index in [2.05, 4.69) is 5.32 Å². The van der Waals surface area contributed by atoms with E-state index in [1.165, 1.54) is 0 Å². The van der Waals surface area contributed by atoms with Gasteiger partial charge in [0, 0.05) is 64.5 Å². The van der Waals surface area contributed by atoms with Gasteiger partial charge in [-0.25, -0.2) is 0 Å². The Kier molecular flexibility index (Phi) is 17.6. The number of hydrogen-bond donors (Lipinski definition) is 1. The molecule has 26 heavy (non-hydrogen) atoms. The molecule has 0 aliphatic heterocycles. The minimum Gasteiger partial charge on any atom is -0.542 e. The zero-order valence-corrected chi connectivity index (χ0v) is 18.3. The van der Waals surface area contributed by atoms with Crippen molar-refractivity contribution in [1.29, 1.82) is 0 Å². The summed E-state index contributed by atoms with van der Waals surface area (Å²) in [5, 5.41) is 3.08. The molecule has 0 fully saturated rings. The molecule has 0 spiro atoms. The Morgan fingerprint density at radius 2 is 1.54 bits per heavy atom. The van der Waals surface area contributed by atoms with Gasteiger partial charge in [0.15, 0.2) is 5.78 Å². The average molecular weight is 439 g/mol. The minimum absolute atomic E-state index is 0. The molecule has 0 saturated carbocycles. The molecule has 6 nitrogen and oxygen atoms in total. The fourth-order valence-corrected chi connectivity index (χ4v) is 2.15. The van der Waals surface area contributed by atoms with Gasteiger partial charge in [-0.2, -0.15) is 0 Å². The summed E-state index contributed by atoms with van der Waals surface area (Å²) in [7, 11) is 1.90. The number of carbonyl (C=O) groups is 1. The largest absolute Gasteiger partial charge is 0.542 e. The smallest absolute Gasteiger partial charge is 0.162 e. The van der Waals surface area contributed by atoms with Gasteiger partial charge in [-0.05, 0) is 19.0 Å². The van der Waals surface area contributed by atoms with Crippen LogP contribution in [0.5, 0.6) is 0 Å². The van der Waals surface area contributed by atoms with Crippen molar-refractivity contribution in [1.82, 2.24) is 5.32 Å². The second-order valence-corrected chi connectivity index (χ2v) is 5.49. The van der Waals surface area contributed by atoms with Crippen LogP contribution in [0, 0.1) is 0 Å². The molecule has 1 radical (unpaired) electrons. The molecular formula is C19H28NO5Y-. The molecular weight excluding hydrogens is 411 g/mol. The van der Waals surface area contributed by atoms with Gasteiger partial charge in [0.25, 0.3) is 0 Å². The quantitative estimate of drug-likeness (QED) is 0.241. The summed E-state index contributed by atoms with van der Waals surface area (Å²) in [4.78, 5) is 22.0. The Morgan fingerprint density at radius 1 is 0.962 bits per heavy atom. The predicted octanol–water partition coefficient (Wildman–Crippen LogP) is 1.92. The van der Waals surface area contributed by atoms with Crippen molar-refractivity contribution in [3.05, 3.63) is 35.4 Å². The fourth-order valence-electron chi connectivity index (χ4n) is 2.15. The van der Waals surface area contributed by atoms with Crippen molar-refractivity contribution >= 4 is 12.1 Å². The van der Waals surface area contributed by atoms with Gasteiger partial charge in [0.05, 0.1) is 26.4 Å². The summed E-state index contributed by atoms with van der Waals surface area (Å²) < 4.78 is 15.9. The van der Waals surface area contributed by atoms with E-state index in [-0.39, 0.29) is 38.5 Å². The normalized spacial score (nSPS) is 10.3. The van der Waals surface area contributed by atoms with Crippen LogP contribution in [0.3, 0.4) is 0 Å². The first kappa shape index (κ1) is 25.5. The van der Waals surface area contributed by atoms with Crippen LogP contribution in [0.4, 0.5) is 0 Å². The molecule has 7 heteroatoms. The minimum atomic E-state index is 0. The summed E-state index contributed by atoms with van der Waals surface area (Å²) in [5.41, 5.74) is 1.91. The number of rotatable bonds is 16. The number of ketones is 1. The molecule has 0 aliphatic rings. The van der Waals surface area contributed by atoms with E-state index in [1.807, 2.05) is 31.3 Å². The van der Waals surface area contributed by atoms with E-state index in [0.29, 0.717) is 58.9 Å². The topological polar surface area (TPSA) is 73.9 Å². The number of carbonyl (C=O) groups excluding carboxylic acids is 2. The SMILES string of the molecule is CNCc1ccc(C(=O)CCCOCCOCCOCC[C-]=O)cc1.[Y]. The molecule has 0 aliphatic carbocycles. The number of ether oxygens (including phenoxy) is 3. The molecule has 1 aromatic rings. The predicted molar refractivity (Wildman–Crippen MR) is 95.5 cm³/mol. The van der Waals surface area contributed by atoms with Gasteiger partial charge in [-0.3, -0.25) is 11.1 Å². The summed E-state index contributed by atoms with van der Waals surface area (Å²) >= 11 is 0. The first-order valence-electron chi connectivity index (χ1n) is 8.63. The Bertz CT molecular complexity index is 481.